The van der Waals surface area contributed by atoms with Crippen LogP contribution in [0.15, 0.2) is 12.4 Å². The van der Waals surface area contributed by atoms with Crippen molar-refractivity contribution >= 4 is 5.69 Å². The van der Waals surface area contributed by atoms with Crippen LogP contribution in [0, 0.1) is 0 Å². The van der Waals surface area contributed by atoms with Gasteiger partial charge < -0.3 is 10.2 Å². The molecule has 1 N–H and O–H groups in total. The molecular weight excluding hydrogens is 248 g/mol. The molecule has 1 atom stereocenters. The number of hydrogen-bond acceptors (Lipinski definition) is 3. The van der Waals surface area contributed by atoms with Gasteiger partial charge in [-0.1, -0.05) is 19.8 Å². The van der Waals surface area contributed by atoms with E-state index in [1.165, 1.54) is 37.8 Å². The summed E-state index contributed by atoms with van der Waals surface area (Å²) in [7, 11) is 0. The van der Waals surface area contributed by atoms with Crippen molar-refractivity contribution in [1.29, 1.82) is 0 Å². The molecule has 4 nitrogen and oxygen atoms in total. The van der Waals surface area contributed by atoms with Crippen molar-refractivity contribution < 1.29 is 0 Å². The normalized spacial score (nSPS) is 25.8. The first kappa shape index (κ1) is 13.9. The Morgan fingerprint density at radius 2 is 2.15 bits per heavy atom. The van der Waals surface area contributed by atoms with Crippen LogP contribution in [0.4, 0.5) is 5.69 Å². The van der Waals surface area contributed by atoms with E-state index in [-0.39, 0.29) is 0 Å². The van der Waals surface area contributed by atoms with Crippen molar-refractivity contribution in [3.05, 3.63) is 12.4 Å². The molecule has 0 bridgehead atoms. The van der Waals surface area contributed by atoms with Gasteiger partial charge in [-0.3, -0.25) is 4.68 Å². The van der Waals surface area contributed by atoms with Crippen LogP contribution in [0.25, 0.3) is 0 Å². The van der Waals surface area contributed by atoms with Crippen molar-refractivity contribution in [2.75, 3.05) is 18.0 Å². The first-order valence-electron chi connectivity index (χ1n) is 8.19. The SMILES string of the molecule is CCC1CNC2(CCCC2)CN1c1cnn(C(C)C)c1. The summed E-state index contributed by atoms with van der Waals surface area (Å²) < 4.78 is 2.07. The zero-order chi connectivity index (χ0) is 14.2. The lowest BCUT2D eigenvalue weighted by atomic mass is 9.91. The van der Waals surface area contributed by atoms with E-state index in [2.05, 4.69) is 53.2 Å². The minimum atomic E-state index is 0.367. The Labute approximate surface area is 122 Å². The molecule has 2 heterocycles. The Hall–Kier alpha value is -1.03. The Morgan fingerprint density at radius 3 is 2.75 bits per heavy atom. The average molecular weight is 276 g/mol. The maximum absolute atomic E-state index is 4.53. The number of anilines is 1. The quantitative estimate of drug-likeness (QED) is 0.921. The van der Waals surface area contributed by atoms with Gasteiger partial charge in [-0.15, -0.1) is 0 Å². The fourth-order valence-corrected chi connectivity index (χ4v) is 3.77. The molecular formula is C16H28N4. The molecule has 3 rings (SSSR count). The van der Waals surface area contributed by atoms with Gasteiger partial charge in [0.2, 0.25) is 0 Å². The summed E-state index contributed by atoms with van der Waals surface area (Å²) in [5.41, 5.74) is 1.67. The van der Waals surface area contributed by atoms with Gasteiger partial charge in [0.05, 0.1) is 11.9 Å². The van der Waals surface area contributed by atoms with Crippen LogP contribution in [-0.2, 0) is 0 Å². The zero-order valence-electron chi connectivity index (χ0n) is 13.1. The van der Waals surface area contributed by atoms with E-state index in [0.717, 1.165) is 13.1 Å². The summed E-state index contributed by atoms with van der Waals surface area (Å²) in [6, 6.07) is 1.04. The van der Waals surface area contributed by atoms with Crippen LogP contribution in [0.1, 0.15) is 58.9 Å². The molecule has 1 aliphatic heterocycles. The Morgan fingerprint density at radius 1 is 1.40 bits per heavy atom. The summed E-state index contributed by atoms with van der Waals surface area (Å²) in [6.45, 7) is 8.92. The second-order valence-electron chi connectivity index (χ2n) is 6.83. The van der Waals surface area contributed by atoms with E-state index in [1.54, 1.807) is 0 Å². The standard InChI is InChI=1S/C16H28N4/c1-4-14-9-17-16(7-5-6-8-16)12-19(14)15-10-18-20(11-15)13(2)3/h10-11,13-14,17H,4-9,12H2,1-3H3. The summed E-state index contributed by atoms with van der Waals surface area (Å²) in [5, 5.41) is 8.39. The summed E-state index contributed by atoms with van der Waals surface area (Å²) in [4.78, 5) is 2.60. The van der Waals surface area contributed by atoms with E-state index < -0.39 is 0 Å². The van der Waals surface area contributed by atoms with Gasteiger partial charge >= 0.3 is 0 Å². The molecule has 2 aliphatic rings. The fraction of sp³-hybridized carbons (Fsp3) is 0.812. The Balaban J connectivity index is 1.82. The fourth-order valence-electron chi connectivity index (χ4n) is 3.77. The molecule has 1 saturated heterocycles. The zero-order valence-corrected chi connectivity index (χ0v) is 13.1. The van der Waals surface area contributed by atoms with E-state index in [9.17, 15) is 0 Å². The minimum absolute atomic E-state index is 0.367. The van der Waals surface area contributed by atoms with E-state index >= 15 is 0 Å². The summed E-state index contributed by atoms with van der Waals surface area (Å²) >= 11 is 0. The predicted molar refractivity (Wildman–Crippen MR) is 83.2 cm³/mol. The van der Waals surface area contributed by atoms with Crippen LogP contribution in [-0.4, -0.2) is 34.5 Å². The second kappa shape index (κ2) is 5.40. The van der Waals surface area contributed by atoms with Crippen LogP contribution < -0.4 is 10.2 Å². The molecule has 20 heavy (non-hydrogen) atoms. The van der Waals surface area contributed by atoms with Crippen LogP contribution in [0.2, 0.25) is 0 Å². The first-order chi connectivity index (χ1) is 9.63. The third kappa shape index (κ3) is 2.46. The molecule has 1 spiro atoms. The molecule has 0 aromatic carbocycles. The molecule has 2 fully saturated rings. The van der Waals surface area contributed by atoms with Crippen LogP contribution in [0.5, 0.6) is 0 Å². The molecule has 1 aromatic rings. The number of nitrogens with zero attached hydrogens (tertiary/aromatic N) is 3. The third-order valence-electron chi connectivity index (χ3n) is 5.11. The Bertz CT molecular complexity index is 445. The summed E-state index contributed by atoms with van der Waals surface area (Å²) in [6.07, 6.45) is 10.9. The first-order valence-corrected chi connectivity index (χ1v) is 8.19. The van der Waals surface area contributed by atoms with Gasteiger partial charge in [0.15, 0.2) is 0 Å². The van der Waals surface area contributed by atoms with Gasteiger partial charge in [0, 0.05) is 36.9 Å². The lowest BCUT2D eigenvalue weighted by Crippen LogP contribution is -2.63. The number of piperazine rings is 1. The van der Waals surface area contributed by atoms with Crippen molar-refractivity contribution in [3.63, 3.8) is 0 Å². The number of rotatable bonds is 3. The highest BCUT2D eigenvalue weighted by Crippen LogP contribution is 2.35. The highest BCUT2D eigenvalue weighted by molar-refractivity contribution is 5.45. The molecule has 1 aliphatic carbocycles. The van der Waals surface area contributed by atoms with Crippen LogP contribution >= 0.6 is 0 Å². The maximum Gasteiger partial charge on any atom is 0.0756 e. The van der Waals surface area contributed by atoms with Gasteiger partial charge in [0.25, 0.3) is 0 Å². The molecule has 1 aromatic heterocycles. The largest absolute Gasteiger partial charge is 0.363 e. The summed E-state index contributed by atoms with van der Waals surface area (Å²) in [5.74, 6) is 0. The van der Waals surface area contributed by atoms with E-state index in [0.29, 0.717) is 17.6 Å². The van der Waals surface area contributed by atoms with Crippen molar-refractivity contribution in [3.8, 4) is 0 Å². The highest BCUT2D eigenvalue weighted by atomic mass is 15.3. The molecule has 0 radical (unpaired) electrons. The van der Waals surface area contributed by atoms with E-state index in [1.807, 2.05) is 0 Å². The van der Waals surface area contributed by atoms with Gasteiger partial charge in [0.1, 0.15) is 0 Å². The monoisotopic (exact) mass is 276 g/mol. The third-order valence-corrected chi connectivity index (χ3v) is 5.11. The molecule has 112 valence electrons. The predicted octanol–water partition coefficient (Wildman–Crippen LogP) is 2.97. The molecule has 1 saturated carbocycles. The lowest BCUT2D eigenvalue weighted by Gasteiger charge is -2.47. The average Bonchev–Trinajstić information content (AvgIpc) is 3.08. The topological polar surface area (TPSA) is 33.1 Å². The van der Waals surface area contributed by atoms with Gasteiger partial charge in [-0.25, -0.2) is 0 Å². The highest BCUT2D eigenvalue weighted by Gasteiger charge is 2.40. The number of aromatic nitrogens is 2. The number of nitrogens with one attached hydrogen (secondary N) is 1. The van der Waals surface area contributed by atoms with Crippen molar-refractivity contribution in [2.24, 2.45) is 0 Å². The van der Waals surface area contributed by atoms with Gasteiger partial charge in [-0.2, -0.15) is 5.10 Å². The van der Waals surface area contributed by atoms with Crippen molar-refractivity contribution in [2.45, 2.75) is 70.5 Å². The lowest BCUT2D eigenvalue weighted by molar-refractivity contribution is 0.267. The molecule has 0 amide bonds. The number of hydrogen-bond donors (Lipinski definition) is 1. The van der Waals surface area contributed by atoms with Crippen molar-refractivity contribution in [1.82, 2.24) is 15.1 Å². The van der Waals surface area contributed by atoms with Gasteiger partial charge in [-0.05, 0) is 33.1 Å². The molecule has 1 unspecified atom stereocenters. The maximum atomic E-state index is 4.53. The minimum Gasteiger partial charge on any atom is -0.363 e. The molecule has 4 heteroatoms. The van der Waals surface area contributed by atoms with Crippen LogP contribution in [0.3, 0.4) is 0 Å². The smallest absolute Gasteiger partial charge is 0.0756 e. The Kier molecular flexibility index (Phi) is 3.76. The van der Waals surface area contributed by atoms with E-state index in [4.69, 9.17) is 0 Å². The second-order valence-corrected chi connectivity index (χ2v) is 6.83.